The molecule has 2 rings (SSSR count). The van der Waals surface area contributed by atoms with E-state index in [9.17, 15) is 14.7 Å². The number of β-amino-alcohol motifs (C(OH)–C–C–N with tert-alkyl or cyclic N) is 1. The van der Waals surface area contributed by atoms with Gasteiger partial charge in [0.2, 0.25) is 5.88 Å². The molecule has 1 fully saturated rings. The molecule has 1 aromatic heterocycles. The van der Waals surface area contributed by atoms with Crippen molar-refractivity contribution < 1.29 is 24.5 Å². The molecular weight excluding hydrogens is 254 g/mol. The Morgan fingerprint density at radius 1 is 1.53 bits per heavy atom. The quantitative estimate of drug-likeness (QED) is 0.736. The van der Waals surface area contributed by atoms with Crippen LogP contribution in [0, 0.1) is 0 Å². The number of carbonyl (C=O) groups is 2. The molecular formula is C11H15N3O5. The van der Waals surface area contributed by atoms with Crippen molar-refractivity contribution in [2.24, 2.45) is 7.05 Å². The highest BCUT2D eigenvalue weighted by atomic mass is 16.5. The number of carbonyl (C=O) groups excluding carboxylic acids is 1. The molecule has 8 heteroatoms. The van der Waals surface area contributed by atoms with Crippen LogP contribution in [-0.4, -0.2) is 62.6 Å². The number of methoxy groups -OCH3 is 1. The van der Waals surface area contributed by atoms with Crippen LogP contribution in [0.3, 0.4) is 0 Å². The summed E-state index contributed by atoms with van der Waals surface area (Å²) in [6.45, 7) is -0.00527. The number of aliphatic hydroxyl groups excluding tert-OH is 1. The third kappa shape index (κ3) is 2.39. The molecule has 1 saturated heterocycles. The lowest BCUT2D eigenvalue weighted by molar-refractivity contribution is -0.141. The van der Waals surface area contributed by atoms with E-state index in [1.807, 2.05) is 0 Å². The molecule has 8 nitrogen and oxygen atoms in total. The van der Waals surface area contributed by atoms with Crippen molar-refractivity contribution >= 4 is 11.9 Å². The monoisotopic (exact) mass is 269 g/mol. The highest BCUT2D eigenvalue weighted by Crippen LogP contribution is 2.22. The van der Waals surface area contributed by atoms with Gasteiger partial charge in [0.05, 0.1) is 13.2 Å². The predicted molar refractivity (Wildman–Crippen MR) is 62.8 cm³/mol. The lowest BCUT2D eigenvalue weighted by Crippen LogP contribution is -2.40. The van der Waals surface area contributed by atoms with Crippen molar-refractivity contribution in [1.82, 2.24) is 14.7 Å². The van der Waals surface area contributed by atoms with Crippen LogP contribution in [0.1, 0.15) is 16.9 Å². The van der Waals surface area contributed by atoms with Gasteiger partial charge in [-0.1, -0.05) is 0 Å². The van der Waals surface area contributed by atoms with Crippen molar-refractivity contribution in [2.75, 3.05) is 13.7 Å². The predicted octanol–water partition coefficient (Wildman–Crippen LogP) is -0.911. The SMILES string of the molecule is COc1cc(C(=O)N2C[C@H](O)C[C@@H]2C(=O)O)nn1C. The van der Waals surface area contributed by atoms with Gasteiger partial charge >= 0.3 is 5.97 Å². The fraction of sp³-hybridized carbons (Fsp3) is 0.545. The first kappa shape index (κ1) is 13.3. The fourth-order valence-corrected chi connectivity index (χ4v) is 2.17. The number of hydrogen-bond acceptors (Lipinski definition) is 5. The third-order valence-corrected chi connectivity index (χ3v) is 3.09. The number of amides is 1. The van der Waals surface area contributed by atoms with Gasteiger partial charge in [0.15, 0.2) is 5.69 Å². The molecule has 104 valence electrons. The number of aliphatic hydroxyl groups is 1. The number of ether oxygens (including phenoxy) is 1. The smallest absolute Gasteiger partial charge is 0.326 e. The average molecular weight is 269 g/mol. The number of aliphatic carboxylic acids is 1. The van der Waals surface area contributed by atoms with Crippen LogP contribution >= 0.6 is 0 Å². The Bertz CT molecular complexity index is 512. The number of carboxylic acid groups (broad SMARTS) is 1. The summed E-state index contributed by atoms with van der Waals surface area (Å²) in [5.74, 6) is -1.26. The van der Waals surface area contributed by atoms with E-state index in [2.05, 4.69) is 5.10 Å². The second-order valence-electron chi connectivity index (χ2n) is 4.40. The Morgan fingerprint density at radius 2 is 2.21 bits per heavy atom. The maximum absolute atomic E-state index is 12.2. The largest absolute Gasteiger partial charge is 0.481 e. The van der Waals surface area contributed by atoms with Crippen LogP contribution in [-0.2, 0) is 11.8 Å². The van der Waals surface area contributed by atoms with E-state index in [1.165, 1.54) is 17.9 Å². The minimum atomic E-state index is -1.13. The van der Waals surface area contributed by atoms with E-state index in [4.69, 9.17) is 9.84 Å². The molecule has 0 unspecified atom stereocenters. The van der Waals surface area contributed by atoms with Gasteiger partial charge in [-0.25, -0.2) is 9.48 Å². The van der Waals surface area contributed by atoms with Crippen molar-refractivity contribution in [2.45, 2.75) is 18.6 Å². The molecule has 1 aromatic rings. The molecule has 1 aliphatic rings. The van der Waals surface area contributed by atoms with Gasteiger partial charge < -0.3 is 19.8 Å². The summed E-state index contributed by atoms with van der Waals surface area (Å²) in [4.78, 5) is 24.4. The highest BCUT2D eigenvalue weighted by molar-refractivity contribution is 5.95. The van der Waals surface area contributed by atoms with Crippen LogP contribution < -0.4 is 4.74 Å². The summed E-state index contributed by atoms with van der Waals surface area (Å²) in [7, 11) is 3.06. The summed E-state index contributed by atoms with van der Waals surface area (Å²) in [5.41, 5.74) is 0.0969. The topological polar surface area (TPSA) is 105 Å². The maximum atomic E-state index is 12.2. The van der Waals surface area contributed by atoms with Crippen LogP contribution in [0.2, 0.25) is 0 Å². The second-order valence-corrected chi connectivity index (χ2v) is 4.40. The van der Waals surface area contributed by atoms with Crippen molar-refractivity contribution in [3.05, 3.63) is 11.8 Å². The molecule has 2 heterocycles. The van der Waals surface area contributed by atoms with Crippen LogP contribution in [0.4, 0.5) is 0 Å². The first-order valence-corrected chi connectivity index (χ1v) is 5.74. The average Bonchev–Trinajstić information content (AvgIpc) is 2.91. The maximum Gasteiger partial charge on any atom is 0.326 e. The van der Waals surface area contributed by atoms with Gasteiger partial charge in [-0.05, 0) is 0 Å². The van der Waals surface area contributed by atoms with E-state index in [0.29, 0.717) is 5.88 Å². The normalized spacial score (nSPS) is 22.6. The molecule has 0 radical (unpaired) electrons. The molecule has 2 atom stereocenters. The summed E-state index contributed by atoms with van der Waals surface area (Å²) in [6.07, 6.45) is -0.791. The van der Waals surface area contributed by atoms with E-state index >= 15 is 0 Å². The number of nitrogens with zero attached hydrogens (tertiary/aromatic N) is 3. The molecule has 0 bridgehead atoms. The molecule has 0 saturated carbocycles. The van der Waals surface area contributed by atoms with Crippen molar-refractivity contribution in [3.8, 4) is 5.88 Å². The summed E-state index contributed by atoms with van der Waals surface area (Å²) < 4.78 is 6.38. The third-order valence-electron chi connectivity index (χ3n) is 3.09. The lowest BCUT2D eigenvalue weighted by Gasteiger charge is -2.19. The van der Waals surface area contributed by atoms with E-state index in [-0.39, 0.29) is 18.7 Å². The highest BCUT2D eigenvalue weighted by Gasteiger charge is 2.40. The Hall–Kier alpha value is -2.09. The molecule has 0 aromatic carbocycles. The van der Waals surface area contributed by atoms with Gasteiger partial charge in [-0.15, -0.1) is 0 Å². The van der Waals surface area contributed by atoms with Gasteiger partial charge in [0.25, 0.3) is 5.91 Å². The van der Waals surface area contributed by atoms with Gasteiger partial charge in [-0.2, -0.15) is 5.10 Å². The minimum absolute atomic E-state index is 0.00527. The van der Waals surface area contributed by atoms with Crippen molar-refractivity contribution in [1.29, 1.82) is 0 Å². The molecule has 1 aliphatic heterocycles. The van der Waals surface area contributed by atoms with Gasteiger partial charge in [-0.3, -0.25) is 4.79 Å². The molecule has 2 N–H and O–H groups in total. The van der Waals surface area contributed by atoms with E-state index in [0.717, 1.165) is 4.90 Å². The zero-order chi connectivity index (χ0) is 14.2. The summed E-state index contributed by atoms with van der Waals surface area (Å²) >= 11 is 0. The number of likely N-dealkylation sites (tertiary alicyclic amines) is 1. The van der Waals surface area contributed by atoms with E-state index in [1.54, 1.807) is 7.05 Å². The van der Waals surface area contributed by atoms with Crippen molar-refractivity contribution in [3.63, 3.8) is 0 Å². The Morgan fingerprint density at radius 3 is 2.74 bits per heavy atom. The zero-order valence-corrected chi connectivity index (χ0v) is 10.6. The Labute approximate surface area is 109 Å². The fourth-order valence-electron chi connectivity index (χ4n) is 2.17. The van der Waals surface area contributed by atoms with Gasteiger partial charge in [0.1, 0.15) is 6.04 Å². The molecule has 0 aliphatic carbocycles. The van der Waals surface area contributed by atoms with Crippen LogP contribution in [0.25, 0.3) is 0 Å². The van der Waals surface area contributed by atoms with Gasteiger partial charge in [0, 0.05) is 26.1 Å². The minimum Gasteiger partial charge on any atom is -0.481 e. The number of aryl methyl sites for hydroxylation is 1. The summed E-state index contributed by atoms with van der Waals surface area (Å²) in [6, 6.07) is 0.418. The number of carboxylic acids is 1. The van der Waals surface area contributed by atoms with E-state index < -0.39 is 24.0 Å². The Balaban J connectivity index is 2.25. The Kier molecular flexibility index (Phi) is 3.43. The first-order valence-electron chi connectivity index (χ1n) is 5.74. The standard InChI is InChI=1S/C11H15N3O5/c1-13-9(19-2)4-7(12-13)10(16)14-5-6(15)3-8(14)11(17)18/h4,6,8,15H,3,5H2,1-2H3,(H,17,18)/t6-,8-/m1/s1. The lowest BCUT2D eigenvalue weighted by atomic mass is 10.2. The van der Waals surface area contributed by atoms with Crippen LogP contribution in [0.5, 0.6) is 5.88 Å². The second kappa shape index (κ2) is 4.88. The van der Waals surface area contributed by atoms with Crippen LogP contribution in [0.15, 0.2) is 6.07 Å². The molecule has 0 spiro atoms. The summed E-state index contributed by atoms with van der Waals surface area (Å²) in [5, 5.41) is 22.5. The zero-order valence-electron chi connectivity index (χ0n) is 10.6. The molecule has 19 heavy (non-hydrogen) atoms. The number of aromatic nitrogens is 2. The number of hydrogen-bond donors (Lipinski definition) is 2. The molecule has 1 amide bonds. The first-order chi connectivity index (χ1) is 8.93. The number of rotatable bonds is 3.